The number of hydrogen-bond donors (Lipinski definition) is 0. The largest absolute Gasteiger partial charge is 0.497 e. The third-order valence-electron chi connectivity index (χ3n) is 4.11. The van der Waals surface area contributed by atoms with Gasteiger partial charge in [0.2, 0.25) is 0 Å². The number of anilines is 1. The molecular formula is C18H19NO6S. The number of para-hydroxylation sites is 2. The number of ether oxygens (including phenoxy) is 3. The molecule has 1 heterocycles. The summed E-state index contributed by atoms with van der Waals surface area (Å²) in [5.41, 5.74) is 0.392. The molecule has 0 unspecified atom stereocenters. The summed E-state index contributed by atoms with van der Waals surface area (Å²) in [4.78, 5) is 11.9. The molecule has 0 aliphatic carbocycles. The van der Waals surface area contributed by atoms with Crippen LogP contribution in [0.3, 0.4) is 0 Å². The Morgan fingerprint density at radius 2 is 1.85 bits per heavy atom. The fourth-order valence-corrected chi connectivity index (χ4v) is 4.46. The smallest absolute Gasteiger partial charge is 0.307 e. The van der Waals surface area contributed by atoms with E-state index in [9.17, 15) is 13.2 Å². The van der Waals surface area contributed by atoms with Gasteiger partial charge in [0.15, 0.2) is 0 Å². The summed E-state index contributed by atoms with van der Waals surface area (Å²) in [5.74, 6) is 0.496. The first-order chi connectivity index (χ1) is 12.5. The average molecular weight is 377 g/mol. The molecule has 0 aromatic heterocycles. The van der Waals surface area contributed by atoms with Crippen molar-refractivity contribution >= 4 is 21.7 Å². The van der Waals surface area contributed by atoms with Crippen molar-refractivity contribution < 1.29 is 27.4 Å². The SMILES string of the molecule is COC(=O)C[C@H]1COc2ccccc2N1S(=O)(=O)c1ccc(OC)cc1. The molecule has 7 nitrogen and oxygen atoms in total. The average Bonchev–Trinajstić information content (AvgIpc) is 2.67. The Kier molecular flexibility index (Phi) is 5.03. The zero-order valence-electron chi connectivity index (χ0n) is 14.4. The lowest BCUT2D eigenvalue weighted by molar-refractivity contribution is -0.141. The van der Waals surface area contributed by atoms with Crippen molar-refractivity contribution in [1.29, 1.82) is 0 Å². The molecule has 1 aliphatic heterocycles. The molecule has 0 saturated heterocycles. The van der Waals surface area contributed by atoms with E-state index in [1.165, 1.54) is 30.7 Å². The van der Waals surface area contributed by atoms with Gasteiger partial charge in [0.05, 0.1) is 37.3 Å². The van der Waals surface area contributed by atoms with Gasteiger partial charge in [0.1, 0.15) is 18.1 Å². The first-order valence-electron chi connectivity index (χ1n) is 7.94. The number of nitrogens with zero attached hydrogens (tertiary/aromatic N) is 1. The number of carbonyl (C=O) groups is 1. The molecule has 0 radical (unpaired) electrons. The molecule has 1 aliphatic rings. The molecular weight excluding hydrogens is 358 g/mol. The second kappa shape index (κ2) is 7.25. The summed E-state index contributed by atoms with van der Waals surface area (Å²) < 4.78 is 43.3. The van der Waals surface area contributed by atoms with Gasteiger partial charge in [-0.1, -0.05) is 12.1 Å². The van der Waals surface area contributed by atoms with Crippen molar-refractivity contribution in [1.82, 2.24) is 0 Å². The quantitative estimate of drug-likeness (QED) is 0.743. The number of esters is 1. The lowest BCUT2D eigenvalue weighted by atomic mass is 10.1. The predicted molar refractivity (Wildman–Crippen MR) is 95.0 cm³/mol. The Balaban J connectivity index is 2.07. The molecule has 0 saturated carbocycles. The molecule has 138 valence electrons. The third-order valence-corrected chi connectivity index (χ3v) is 5.99. The van der Waals surface area contributed by atoms with E-state index in [0.29, 0.717) is 17.2 Å². The Labute approximate surface area is 152 Å². The zero-order chi connectivity index (χ0) is 18.7. The van der Waals surface area contributed by atoms with Crippen LogP contribution in [0.1, 0.15) is 6.42 Å². The number of carbonyl (C=O) groups excluding carboxylic acids is 1. The summed E-state index contributed by atoms with van der Waals surface area (Å²) in [6, 6.07) is 12.2. The molecule has 26 heavy (non-hydrogen) atoms. The molecule has 0 spiro atoms. The van der Waals surface area contributed by atoms with E-state index in [4.69, 9.17) is 14.2 Å². The van der Waals surface area contributed by atoms with Gasteiger partial charge in [-0.25, -0.2) is 8.42 Å². The minimum Gasteiger partial charge on any atom is -0.497 e. The van der Waals surface area contributed by atoms with Crippen LogP contribution in [-0.2, 0) is 19.6 Å². The molecule has 0 bridgehead atoms. The lowest BCUT2D eigenvalue weighted by Crippen LogP contribution is -2.47. The van der Waals surface area contributed by atoms with Gasteiger partial charge in [-0.2, -0.15) is 0 Å². The maximum atomic E-state index is 13.3. The van der Waals surface area contributed by atoms with Gasteiger partial charge >= 0.3 is 5.97 Å². The monoisotopic (exact) mass is 377 g/mol. The number of benzene rings is 2. The first kappa shape index (κ1) is 18.1. The molecule has 0 amide bonds. The fourth-order valence-electron chi connectivity index (χ4n) is 2.82. The molecule has 0 fully saturated rings. The van der Waals surface area contributed by atoms with E-state index in [-0.39, 0.29) is 17.9 Å². The van der Waals surface area contributed by atoms with Gasteiger partial charge in [0, 0.05) is 0 Å². The Morgan fingerprint density at radius 3 is 2.50 bits per heavy atom. The van der Waals surface area contributed by atoms with Crippen LogP contribution in [0.5, 0.6) is 11.5 Å². The normalized spacial score (nSPS) is 16.4. The van der Waals surface area contributed by atoms with Gasteiger partial charge in [-0.15, -0.1) is 0 Å². The van der Waals surface area contributed by atoms with Crippen molar-refractivity contribution in [2.24, 2.45) is 0 Å². The Morgan fingerprint density at radius 1 is 1.15 bits per heavy atom. The van der Waals surface area contributed by atoms with E-state index in [1.807, 2.05) is 0 Å². The molecule has 0 N–H and O–H groups in total. The number of methoxy groups -OCH3 is 2. The first-order valence-corrected chi connectivity index (χ1v) is 9.38. The zero-order valence-corrected chi connectivity index (χ0v) is 15.2. The second-order valence-electron chi connectivity index (χ2n) is 5.69. The molecule has 3 rings (SSSR count). The summed E-state index contributed by atoms with van der Waals surface area (Å²) in [6.45, 7) is 0.0570. The maximum absolute atomic E-state index is 13.3. The van der Waals surface area contributed by atoms with Crippen LogP contribution in [0.2, 0.25) is 0 Å². The van der Waals surface area contributed by atoms with E-state index < -0.39 is 22.0 Å². The van der Waals surface area contributed by atoms with Crippen LogP contribution in [0.25, 0.3) is 0 Å². The minimum absolute atomic E-state index is 0.0570. The molecule has 1 atom stereocenters. The van der Waals surface area contributed by atoms with E-state index >= 15 is 0 Å². The van der Waals surface area contributed by atoms with E-state index in [0.717, 1.165) is 0 Å². The van der Waals surface area contributed by atoms with Crippen LogP contribution < -0.4 is 13.8 Å². The molecule has 8 heteroatoms. The summed E-state index contributed by atoms with van der Waals surface area (Å²) >= 11 is 0. The van der Waals surface area contributed by atoms with Crippen LogP contribution in [0, 0.1) is 0 Å². The summed E-state index contributed by atoms with van der Waals surface area (Å²) in [7, 11) is -1.14. The van der Waals surface area contributed by atoms with Gasteiger partial charge in [-0.3, -0.25) is 9.10 Å². The number of rotatable bonds is 5. The Hall–Kier alpha value is -2.74. The van der Waals surface area contributed by atoms with E-state index in [1.54, 1.807) is 36.4 Å². The number of hydrogen-bond acceptors (Lipinski definition) is 6. The standard InChI is InChI=1S/C18H19NO6S/c1-23-14-7-9-15(10-8-14)26(21,22)19-13(11-18(20)24-2)12-25-17-6-4-3-5-16(17)19/h3-10,13H,11-12H2,1-2H3/t13-/m0/s1. The van der Waals surface area contributed by atoms with Crippen molar-refractivity contribution in [2.75, 3.05) is 25.1 Å². The van der Waals surface area contributed by atoms with Crippen molar-refractivity contribution in [3.05, 3.63) is 48.5 Å². The maximum Gasteiger partial charge on any atom is 0.307 e. The fraction of sp³-hybridized carbons (Fsp3) is 0.278. The molecule has 2 aromatic rings. The third kappa shape index (κ3) is 3.32. The van der Waals surface area contributed by atoms with E-state index in [2.05, 4.69) is 0 Å². The van der Waals surface area contributed by atoms with Crippen molar-refractivity contribution in [2.45, 2.75) is 17.4 Å². The predicted octanol–water partition coefficient (Wildman–Crippen LogP) is 2.21. The van der Waals surface area contributed by atoms with Gasteiger partial charge in [0.25, 0.3) is 10.0 Å². The highest BCUT2D eigenvalue weighted by atomic mass is 32.2. The summed E-state index contributed by atoms with van der Waals surface area (Å²) in [5, 5.41) is 0. The van der Waals surface area contributed by atoms with Crippen molar-refractivity contribution in [3.63, 3.8) is 0 Å². The van der Waals surface area contributed by atoms with Crippen LogP contribution in [0.15, 0.2) is 53.4 Å². The van der Waals surface area contributed by atoms with Gasteiger partial charge < -0.3 is 14.2 Å². The van der Waals surface area contributed by atoms with Crippen molar-refractivity contribution in [3.8, 4) is 11.5 Å². The topological polar surface area (TPSA) is 82.1 Å². The van der Waals surface area contributed by atoms with Crippen LogP contribution in [0.4, 0.5) is 5.69 Å². The molecule has 2 aromatic carbocycles. The Bertz CT molecular complexity index is 894. The second-order valence-corrected chi connectivity index (χ2v) is 7.50. The minimum atomic E-state index is -3.91. The van der Waals surface area contributed by atoms with Crippen LogP contribution >= 0.6 is 0 Å². The summed E-state index contributed by atoms with van der Waals surface area (Å²) in [6.07, 6.45) is -0.111. The van der Waals surface area contributed by atoms with Gasteiger partial charge in [-0.05, 0) is 36.4 Å². The van der Waals surface area contributed by atoms with Crippen LogP contribution in [-0.4, -0.2) is 41.3 Å². The highest BCUT2D eigenvalue weighted by molar-refractivity contribution is 7.92. The highest BCUT2D eigenvalue weighted by Gasteiger charge is 2.38. The number of sulfonamides is 1. The lowest BCUT2D eigenvalue weighted by Gasteiger charge is -2.37. The number of fused-ring (bicyclic) bond motifs is 1. The highest BCUT2D eigenvalue weighted by Crippen LogP contribution is 2.38.